The molecular formula is C14H24N4O3. The van der Waals surface area contributed by atoms with Crippen molar-refractivity contribution in [1.82, 2.24) is 20.0 Å². The molecule has 1 aromatic heterocycles. The molecular weight excluding hydrogens is 272 g/mol. The highest BCUT2D eigenvalue weighted by Gasteiger charge is 2.11. The maximum Gasteiger partial charge on any atom is 0.317 e. The number of aliphatic carboxylic acids is 1. The zero-order valence-electron chi connectivity index (χ0n) is 12.9. The molecule has 21 heavy (non-hydrogen) atoms. The van der Waals surface area contributed by atoms with Crippen LogP contribution in [0.25, 0.3) is 0 Å². The van der Waals surface area contributed by atoms with E-state index in [1.165, 1.54) is 4.90 Å². The van der Waals surface area contributed by atoms with Crippen molar-refractivity contribution in [3.8, 4) is 0 Å². The summed E-state index contributed by atoms with van der Waals surface area (Å²) in [5, 5.41) is 15.8. The van der Waals surface area contributed by atoms with E-state index in [-0.39, 0.29) is 19.0 Å². The summed E-state index contributed by atoms with van der Waals surface area (Å²) in [6.07, 6.45) is 4.07. The summed E-state index contributed by atoms with van der Waals surface area (Å²) in [6.45, 7) is 5.51. The second-order valence-electron chi connectivity index (χ2n) is 5.08. The van der Waals surface area contributed by atoms with Crippen LogP contribution in [0.1, 0.15) is 37.4 Å². The first kappa shape index (κ1) is 17.0. The number of hydrogen-bond acceptors (Lipinski definition) is 3. The van der Waals surface area contributed by atoms with Crippen molar-refractivity contribution in [3.05, 3.63) is 17.5 Å². The lowest BCUT2D eigenvalue weighted by Gasteiger charge is -2.16. The van der Waals surface area contributed by atoms with Gasteiger partial charge in [0, 0.05) is 38.4 Å². The van der Waals surface area contributed by atoms with E-state index in [0.29, 0.717) is 6.54 Å². The first-order valence-electron chi connectivity index (χ1n) is 7.17. The number of urea groups is 1. The summed E-state index contributed by atoms with van der Waals surface area (Å²) in [7, 11) is 1.58. The highest BCUT2D eigenvalue weighted by atomic mass is 16.4. The summed E-state index contributed by atoms with van der Waals surface area (Å²) in [5.74, 6) is -0.914. The van der Waals surface area contributed by atoms with Crippen molar-refractivity contribution >= 4 is 12.0 Å². The van der Waals surface area contributed by atoms with Gasteiger partial charge in [-0.3, -0.25) is 9.48 Å². The van der Waals surface area contributed by atoms with E-state index in [1.54, 1.807) is 7.05 Å². The van der Waals surface area contributed by atoms with Crippen LogP contribution in [-0.2, 0) is 17.9 Å². The average Bonchev–Trinajstić information content (AvgIpc) is 2.80. The molecule has 7 nitrogen and oxygen atoms in total. The number of hydrogen-bond donors (Lipinski definition) is 2. The van der Waals surface area contributed by atoms with Gasteiger partial charge in [0.05, 0.1) is 12.1 Å². The molecule has 0 aliphatic heterocycles. The molecule has 0 atom stereocenters. The van der Waals surface area contributed by atoms with Crippen LogP contribution in [0.15, 0.2) is 6.20 Å². The minimum absolute atomic E-state index is 0.0576. The summed E-state index contributed by atoms with van der Waals surface area (Å²) < 4.78 is 1.90. The lowest BCUT2D eigenvalue weighted by atomic mass is 10.2. The molecule has 0 radical (unpaired) electrons. The quantitative estimate of drug-likeness (QED) is 0.763. The lowest BCUT2D eigenvalue weighted by Crippen LogP contribution is -2.38. The number of carboxylic acids is 1. The van der Waals surface area contributed by atoms with Crippen molar-refractivity contribution in [1.29, 1.82) is 0 Å². The van der Waals surface area contributed by atoms with Gasteiger partial charge in [0.2, 0.25) is 0 Å². The zero-order valence-corrected chi connectivity index (χ0v) is 12.9. The Morgan fingerprint density at radius 1 is 1.48 bits per heavy atom. The third-order valence-corrected chi connectivity index (χ3v) is 3.23. The topological polar surface area (TPSA) is 87.5 Å². The third kappa shape index (κ3) is 5.85. The Bertz CT molecular complexity index is 485. The first-order chi connectivity index (χ1) is 9.93. The fourth-order valence-corrected chi connectivity index (χ4v) is 1.84. The number of carboxylic acid groups (broad SMARTS) is 1. The van der Waals surface area contributed by atoms with E-state index in [9.17, 15) is 9.59 Å². The number of unbranched alkanes of at least 4 members (excludes halogenated alkanes) is 1. The Morgan fingerprint density at radius 2 is 2.19 bits per heavy atom. The smallest absolute Gasteiger partial charge is 0.317 e. The molecule has 7 heteroatoms. The van der Waals surface area contributed by atoms with Crippen LogP contribution < -0.4 is 5.32 Å². The van der Waals surface area contributed by atoms with E-state index in [2.05, 4.69) is 17.3 Å². The molecule has 0 aliphatic rings. The second-order valence-corrected chi connectivity index (χ2v) is 5.08. The van der Waals surface area contributed by atoms with E-state index in [4.69, 9.17) is 5.11 Å². The van der Waals surface area contributed by atoms with Gasteiger partial charge in [-0.25, -0.2) is 4.79 Å². The summed E-state index contributed by atoms with van der Waals surface area (Å²) in [6, 6.07) is -0.281. The monoisotopic (exact) mass is 296 g/mol. The van der Waals surface area contributed by atoms with Gasteiger partial charge >= 0.3 is 12.0 Å². The predicted molar refractivity (Wildman–Crippen MR) is 79.0 cm³/mol. The Balaban J connectivity index is 2.45. The second kappa shape index (κ2) is 8.28. The van der Waals surface area contributed by atoms with E-state index in [0.717, 1.165) is 30.6 Å². The van der Waals surface area contributed by atoms with Gasteiger partial charge in [0.1, 0.15) is 0 Å². The van der Waals surface area contributed by atoms with E-state index in [1.807, 2.05) is 17.8 Å². The maximum absolute atomic E-state index is 11.8. The van der Waals surface area contributed by atoms with Crippen LogP contribution >= 0.6 is 0 Å². The molecule has 0 spiro atoms. The van der Waals surface area contributed by atoms with Crippen LogP contribution in [0.3, 0.4) is 0 Å². The normalized spacial score (nSPS) is 10.4. The zero-order chi connectivity index (χ0) is 15.8. The molecule has 118 valence electrons. The number of rotatable bonds is 8. The van der Waals surface area contributed by atoms with Gasteiger partial charge in [-0.05, 0) is 13.3 Å². The molecule has 1 aromatic rings. The van der Waals surface area contributed by atoms with E-state index < -0.39 is 5.97 Å². The lowest BCUT2D eigenvalue weighted by molar-refractivity contribution is -0.137. The van der Waals surface area contributed by atoms with Crippen molar-refractivity contribution in [2.24, 2.45) is 0 Å². The molecule has 0 saturated carbocycles. The van der Waals surface area contributed by atoms with Crippen LogP contribution in [0.4, 0.5) is 4.79 Å². The third-order valence-electron chi connectivity index (χ3n) is 3.23. The summed E-state index contributed by atoms with van der Waals surface area (Å²) in [4.78, 5) is 23.6. The number of aromatic nitrogens is 2. The Morgan fingerprint density at radius 3 is 2.81 bits per heavy atom. The molecule has 0 aromatic carbocycles. The van der Waals surface area contributed by atoms with Crippen LogP contribution in [0.2, 0.25) is 0 Å². The van der Waals surface area contributed by atoms with Crippen LogP contribution in [0.5, 0.6) is 0 Å². The SMILES string of the molecule is CCCCn1cc(CNC(=O)N(C)CCC(=O)O)c(C)n1. The standard InChI is InChI=1S/C14H24N4O3/c1-4-5-7-18-10-12(11(2)16-18)9-15-14(21)17(3)8-6-13(19)20/h10H,4-9H2,1-3H3,(H,15,21)(H,19,20). The molecule has 1 heterocycles. The van der Waals surface area contributed by atoms with Crippen molar-refractivity contribution in [2.75, 3.05) is 13.6 Å². The Labute approximate surface area is 124 Å². The maximum atomic E-state index is 11.8. The number of nitrogens with one attached hydrogen (secondary N) is 1. The van der Waals surface area contributed by atoms with Crippen molar-refractivity contribution in [2.45, 2.75) is 46.2 Å². The number of nitrogens with zero attached hydrogens (tertiary/aromatic N) is 3. The number of aryl methyl sites for hydroxylation is 2. The number of amides is 2. The fraction of sp³-hybridized carbons (Fsp3) is 0.643. The number of carbonyl (C=O) groups excluding carboxylic acids is 1. The molecule has 0 unspecified atom stereocenters. The van der Waals surface area contributed by atoms with Gasteiger partial charge in [-0.2, -0.15) is 5.10 Å². The number of carbonyl (C=O) groups is 2. The molecule has 0 bridgehead atoms. The Kier molecular flexibility index (Phi) is 6.71. The minimum atomic E-state index is -0.914. The van der Waals surface area contributed by atoms with Gasteiger partial charge in [-0.1, -0.05) is 13.3 Å². The molecule has 0 saturated heterocycles. The van der Waals surface area contributed by atoms with Gasteiger partial charge in [-0.15, -0.1) is 0 Å². The van der Waals surface area contributed by atoms with Crippen LogP contribution in [0, 0.1) is 6.92 Å². The Hall–Kier alpha value is -2.05. The summed E-state index contributed by atoms with van der Waals surface area (Å²) >= 11 is 0. The molecule has 0 aliphatic carbocycles. The van der Waals surface area contributed by atoms with Crippen molar-refractivity contribution in [3.63, 3.8) is 0 Å². The van der Waals surface area contributed by atoms with Gasteiger partial charge < -0.3 is 15.3 Å². The largest absolute Gasteiger partial charge is 0.481 e. The molecule has 0 fully saturated rings. The van der Waals surface area contributed by atoms with E-state index >= 15 is 0 Å². The highest BCUT2D eigenvalue weighted by molar-refractivity contribution is 5.75. The molecule has 1 rings (SSSR count). The van der Waals surface area contributed by atoms with Crippen molar-refractivity contribution < 1.29 is 14.7 Å². The van der Waals surface area contributed by atoms with Gasteiger partial charge in [0.25, 0.3) is 0 Å². The fourth-order valence-electron chi connectivity index (χ4n) is 1.84. The summed E-state index contributed by atoms with van der Waals surface area (Å²) in [5.41, 5.74) is 1.88. The van der Waals surface area contributed by atoms with Gasteiger partial charge in [0.15, 0.2) is 0 Å². The minimum Gasteiger partial charge on any atom is -0.481 e. The first-order valence-corrected chi connectivity index (χ1v) is 7.17. The predicted octanol–water partition coefficient (Wildman–Crippen LogP) is 1.61. The molecule has 2 N–H and O–H groups in total. The highest BCUT2D eigenvalue weighted by Crippen LogP contribution is 2.06. The van der Waals surface area contributed by atoms with Crippen LogP contribution in [-0.4, -0.2) is 45.4 Å². The molecule has 2 amide bonds. The average molecular weight is 296 g/mol.